The zero-order valence-electron chi connectivity index (χ0n) is 10.6. The number of hydrogen-bond donors (Lipinski definition) is 1. The first kappa shape index (κ1) is 11.5. The van der Waals surface area contributed by atoms with Crippen molar-refractivity contribution in [2.75, 3.05) is 11.9 Å². The van der Waals surface area contributed by atoms with E-state index < -0.39 is 0 Å². The highest BCUT2D eigenvalue weighted by Crippen LogP contribution is 2.24. The highest BCUT2D eigenvalue weighted by Gasteiger charge is 2.25. The first-order valence-electron chi connectivity index (χ1n) is 6.05. The summed E-state index contributed by atoms with van der Waals surface area (Å²) in [6, 6.07) is 0.423. The lowest BCUT2D eigenvalue weighted by Crippen LogP contribution is -2.27. The summed E-state index contributed by atoms with van der Waals surface area (Å²) in [5.41, 5.74) is 3.49. The molecule has 1 N–H and O–H groups in total. The van der Waals surface area contributed by atoms with Crippen LogP contribution in [0.5, 0.6) is 0 Å². The van der Waals surface area contributed by atoms with Gasteiger partial charge in [0, 0.05) is 13.2 Å². The summed E-state index contributed by atoms with van der Waals surface area (Å²) in [6.45, 7) is 10.2. The van der Waals surface area contributed by atoms with Gasteiger partial charge in [0.1, 0.15) is 0 Å². The molecule has 4 heteroatoms. The molecule has 2 rings (SSSR count). The molecule has 1 aromatic rings. The third-order valence-electron chi connectivity index (χ3n) is 3.39. The summed E-state index contributed by atoms with van der Waals surface area (Å²) < 4.78 is 7.60. The minimum atomic E-state index is 0.295. The van der Waals surface area contributed by atoms with E-state index in [0.29, 0.717) is 12.1 Å². The molecule has 1 aromatic heterocycles. The molecule has 4 nitrogen and oxygen atoms in total. The van der Waals surface area contributed by atoms with Crippen LogP contribution in [-0.4, -0.2) is 28.5 Å². The largest absolute Gasteiger partial charge is 0.377 e. The number of ether oxygens (including phenoxy) is 1. The van der Waals surface area contributed by atoms with E-state index in [1.807, 2.05) is 4.68 Å². The van der Waals surface area contributed by atoms with Gasteiger partial charge in [0.05, 0.1) is 29.2 Å². The van der Waals surface area contributed by atoms with Gasteiger partial charge < -0.3 is 10.1 Å². The van der Waals surface area contributed by atoms with Gasteiger partial charge in [-0.2, -0.15) is 5.10 Å². The van der Waals surface area contributed by atoms with Gasteiger partial charge in [-0.3, -0.25) is 4.68 Å². The summed E-state index contributed by atoms with van der Waals surface area (Å²) in [5.74, 6) is 0. The van der Waals surface area contributed by atoms with Crippen molar-refractivity contribution in [2.45, 2.75) is 52.8 Å². The lowest BCUT2D eigenvalue weighted by molar-refractivity contribution is 0.121. The van der Waals surface area contributed by atoms with E-state index in [9.17, 15) is 0 Å². The van der Waals surface area contributed by atoms with Crippen LogP contribution in [0.2, 0.25) is 0 Å². The van der Waals surface area contributed by atoms with Crippen molar-refractivity contribution in [2.24, 2.45) is 0 Å². The average molecular weight is 223 g/mol. The first-order chi connectivity index (χ1) is 7.63. The van der Waals surface area contributed by atoms with Gasteiger partial charge >= 0.3 is 0 Å². The zero-order chi connectivity index (χ0) is 11.7. The maximum atomic E-state index is 5.56. The Kier molecular flexibility index (Phi) is 3.19. The molecule has 0 bridgehead atoms. The van der Waals surface area contributed by atoms with Gasteiger partial charge in [-0.1, -0.05) is 0 Å². The third-order valence-corrected chi connectivity index (χ3v) is 3.39. The highest BCUT2D eigenvalue weighted by molar-refractivity contribution is 5.53. The maximum Gasteiger partial charge on any atom is 0.0828 e. The van der Waals surface area contributed by atoms with Crippen LogP contribution in [0.1, 0.15) is 31.7 Å². The second-order valence-electron chi connectivity index (χ2n) is 4.48. The van der Waals surface area contributed by atoms with Gasteiger partial charge in [-0.15, -0.1) is 0 Å². The standard InChI is InChI=1S/C12H21N3O/c1-5-15-9(3)12(8(2)14-15)13-11-6-7-16-10(11)4/h10-11,13H,5-7H2,1-4H3/t10-,11+/m1/s1. The zero-order valence-corrected chi connectivity index (χ0v) is 10.6. The highest BCUT2D eigenvalue weighted by atomic mass is 16.5. The van der Waals surface area contributed by atoms with Crippen LogP contribution in [0.3, 0.4) is 0 Å². The van der Waals surface area contributed by atoms with Crippen LogP contribution in [0.4, 0.5) is 5.69 Å². The number of rotatable bonds is 3. The molecule has 0 aromatic carbocycles. The van der Waals surface area contributed by atoms with E-state index in [1.54, 1.807) is 0 Å². The summed E-state index contributed by atoms with van der Waals surface area (Å²) in [7, 11) is 0. The normalized spacial score (nSPS) is 25.0. The minimum absolute atomic E-state index is 0.295. The van der Waals surface area contributed by atoms with Gasteiger partial charge in [0.25, 0.3) is 0 Å². The molecule has 1 aliphatic heterocycles. The maximum absolute atomic E-state index is 5.56. The topological polar surface area (TPSA) is 39.1 Å². The monoisotopic (exact) mass is 223 g/mol. The van der Waals surface area contributed by atoms with Crippen LogP contribution in [0.15, 0.2) is 0 Å². The van der Waals surface area contributed by atoms with Gasteiger partial charge in [-0.25, -0.2) is 0 Å². The average Bonchev–Trinajstić information content (AvgIpc) is 2.77. The molecular formula is C12H21N3O. The molecule has 90 valence electrons. The van der Waals surface area contributed by atoms with E-state index in [1.165, 1.54) is 11.4 Å². The fourth-order valence-electron chi connectivity index (χ4n) is 2.32. The molecule has 1 fully saturated rings. The Balaban J connectivity index is 2.17. The van der Waals surface area contributed by atoms with Crippen LogP contribution >= 0.6 is 0 Å². The second kappa shape index (κ2) is 4.45. The Bertz CT molecular complexity index is 373. The number of nitrogens with one attached hydrogen (secondary N) is 1. The van der Waals surface area contributed by atoms with Crippen molar-refractivity contribution < 1.29 is 4.74 Å². The first-order valence-corrected chi connectivity index (χ1v) is 6.05. The third kappa shape index (κ3) is 1.94. The Morgan fingerprint density at radius 1 is 1.50 bits per heavy atom. The Morgan fingerprint density at radius 3 is 2.75 bits per heavy atom. The summed E-state index contributed by atoms with van der Waals surface area (Å²) in [4.78, 5) is 0. The Morgan fingerprint density at radius 2 is 2.25 bits per heavy atom. The van der Waals surface area contributed by atoms with Gasteiger partial charge in [0.2, 0.25) is 0 Å². The van der Waals surface area contributed by atoms with Gasteiger partial charge in [-0.05, 0) is 34.1 Å². The number of anilines is 1. The summed E-state index contributed by atoms with van der Waals surface area (Å²) >= 11 is 0. The summed E-state index contributed by atoms with van der Waals surface area (Å²) in [5, 5.41) is 8.08. The predicted octanol–water partition coefficient (Wildman–Crippen LogP) is 2.11. The van der Waals surface area contributed by atoms with Crippen molar-refractivity contribution >= 4 is 5.69 Å². The van der Waals surface area contributed by atoms with Crippen LogP contribution in [0.25, 0.3) is 0 Å². The minimum Gasteiger partial charge on any atom is -0.377 e. The molecule has 1 aliphatic rings. The fraction of sp³-hybridized carbons (Fsp3) is 0.750. The van der Waals surface area contributed by atoms with Crippen LogP contribution < -0.4 is 5.32 Å². The summed E-state index contributed by atoms with van der Waals surface area (Å²) in [6.07, 6.45) is 1.38. The quantitative estimate of drug-likeness (QED) is 0.853. The SMILES string of the molecule is CCn1nc(C)c(N[C@H]2CCO[C@@H]2C)c1C. The molecule has 0 radical (unpaired) electrons. The fourth-order valence-corrected chi connectivity index (χ4v) is 2.32. The molecule has 2 heterocycles. The lowest BCUT2D eigenvalue weighted by Gasteiger charge is -2.17. The molecule has 2 atom stereocenters. The van der Waals surface area contributed by atoms with Crippen molar-refractivity contribution in [1.82, 2.24) is 9.78 Å². The number of aromatic nitrogens is 2. The number of aryl methyl sites for hydroxylation is 2. The van der Waals surface area contributed by atoms with Crippen LogP contribution in [0, 0.1) is 13.8 Å². The van der Waals surface area contributed by atoms with Crippen molar-refractivity contribution in [3.05, 3.63) is 11.4 Å². The predicted molar refractivity (Wildman–Crippen MR) is 64.8 cm³/mol. The smallest absolute Gasteiger partial charge is 0.0828 e. The van der Waals surface area contributed by atoms with E-state index in [-0.39, 0.29) is 0 Å². The molecule has 0 amide bonds. The molecular weight excluding hydrogens is 202 g/mol. The molecule has 0 aliphatic carbocycles. The van der Waals surface area contributed by atoms with Crippen molar-refractivity contribution in [1.29, 1.82) is 0 Å². The van der Waals surface area contributed by atoms with E-state index in [2.05, 4.69) is 38.1 Å². The van der Waals surface area contributed by atoms with E-state index in [0.717, 1.165) is 25.3 Å². The number of hydrogen-bond acceptors (Lipinski definition) is 3. The van der Waals surface area contributed by atoms with E-state index in [4.69, 9.17) is 4.74 Å². The van der Waals surface area contributed by atoms with Gasteiger partial charge in [0.15, 0.2) is 0 Å². The van der Waals surface area contributed by atoms with Crippen LogP contribution in [-0.2, 0) is 11.3 Å². The van der Waals surface area contributed by atoms with Crippen molar-refractivity contribution in [3.63, 3.8) is 0 Å². The Hall–Kier alpha value is -1.03. The van der Waals surface area contributed by atoms with E-state index >= 15 is 0 Å². The molecule has 16 heavy (non-hydrogen) atoms. The van der Waals surface area contributed by atoms with Crippen molar-refractivity contribution in [3.8, 4) is 0 Å². The Labute approximate surface area is 97.0 Å². The number of nitrogens with zero attached hydrogens (tertiary/aromatic N) is 2. The molecule has 0 saturated carbocycles. The lowest BCUT2D eigenvalue weighted by atomic mass is 10.1. The molecule has 1 saturated heterocycles. The second-order valence-corrected chi connectivity index (χ2v) is 4.48. The molecule has 0 unspecified atom stereocenters. The molecule has 0 spiro atoms.